The molecule has 0 unspecified atom stereocenters. The fraction of sp³-hybridized carbons (Fsp3) is 0.667. The van der Waals surface area contributed by atoms with E-state index in [1.54, 1.807) is 6.07 Å². The van der Waals surface area contributed by atoms with E-state index in [9.17, 15) is 4.39 Å². The van der Waals surface area contributed by atoms with Gasteiger partial charge < -0.3 is 10.1 Å². The maximum absolute atomic E-state index is 14.4. The first kappa shape index (κ1) is 18.5. The molecule has 3 nitrogen and oxygen atoms in total. The first-order valence-corrected chi connectivity index (χ1v) is 9.11. The first-order valence-electron chi connectivity index (χ1n) is 8.73. The average Bonchev–Trinajstić information content (AvgIpc) is 2.56. The van der Waals surface area contributed by atoms with Gasteiger partial charge in [-0.05, 0) is 31.0 Å². The van der Waals surface area contributed by atoms with E-state index in [0.29, 0.717) is 11.6 Å². The second-order valence-electron chi connectivity index (χ2n) is 6.04. The lowest BCUT2D eigenvalue weighted by Gasteiger charge is -2.35. The highest BCUT2D eigenvalue weighted by atomic mass is 35.5. The predicted molar refractivity (Wildman–Crippen MR) is 93.9 cm³/mol. The van der Waals surface area contributed by atoms with Gasteiger partial charge in [-0.1, -0.05) is 37.8 Å². The normalized spacial score (nSPS) is 17.2. The lowest BCUT2D eigenvalue weighted by molar-refractivity contribution is 0.162. The van der Waals surface area contributed by atoms with Crippen LogP contribution in [-0.4, -0.2) is 37.7 Å². The highest BCUT2D eigenvalue weighted by Crippen LogP contribution is 2.35. The molecule has 2 rings (SSSR count). The summed E-state index contributed by atoms with van der Waals surface area (Å²) in [6, 6.07) is 3.72. The second kappa shape index (κ2) is 9.45. The maximum Gasteiger partial charge on any atom is 0.173 e. The van der Waals surface area contributed by atoms with Crippen LogP contribution in [0, 0.1) is 5.82 Å². The van der Waals surface area contributed by atoms with Crippen LogP contribution < -0.4 is 10.1 Å². The molecule has 1 atom stereocenters. The van der Waals surface area contributed by atoms with Crippen LogP contribution in [0.1, 0.15) is 51.1 Å². The van der Waals surface area contributed by atoms with Gasteiger partial charge in [-0.3, -0.25) is 4.90 Å². The molecule has 23 heavy (non-hydrogen) atoms. The Morgan fingerprint density at radius 1 is 1.26 bits per heavy atom. The summed E-state index contributed by atoms with van der Waals surface area (Å²) in [7, 11) is 0. The summed E-state index contributed by atoms with van der Waals surface area (Å²) in [6.45, 7) is 8.39. The Bertz CT molecular complexity index is 469. The van der Waals surface area contributed by atoms with E-state index in [1.807, 2.05) is 13.0 Å². The van der Waals surface area contributed by atoms with Gasteiger partial charge in [0, 0.05) is 32.2 Å². The molecule has 5 heteroatoms. The lowest BCUT2D eigenvalue weighted by Crippen LogP contribution is -2.45. The molecule has 0 bridgehead atoms. The van der Waals surface area contributed by atoms with E-state index >= 15 is 0 Å². The molecule has 1 aromatic carbocycles. The lowest BCUT2D eigenvalue weighted by atomic mass is 9.97. The fourth-order valence-corrected chi connectivity index (χ4v) is 3.47. The number of benzene rings is 1. The molecule has 1 heterocycles. The van der Waals surface area contributed by atoms with Crippen LogP contribution in [-0.2, 0) is 0 Å². The van der Waals surface area contributed by atoms with E-state index < -0.39 is 0 Å². The van der Waals surface area contributed by atoms with E-state index in [2.05, 4.69) is 17.1 Å². The molecule has 1 fully saturated rings. The van der Waals surface area contributed by atoms with Gasteiger partial charge in [0.1, 0.15) is 0 Å². The summed E-state index contributed by atoms with van der Waals surface area (Å²) in [5.41, 5.74) is 0.967. The third-order valence-electron chi connectivity index (χ3n) is 4.37. The molecule has 1 saturated heterocycles. The van der Waals surface area contributed by atoms with Gasteiger partial charge in [0.25, 0.3) is 0 Å². The van der Waals surface area contributed by atoms with Crippen molar-refractivity contribution in [3.63, 3.8) is 0 Å². The van der Waals surface area contributed by atoms with E-state index in [4.69, 9.17) is 16.3 Å². The zero-order valence-corrected chi connectivity index (χ0v) is 15.0. The summed E-state index contributed by atoms with van der Waals surface area (Å²) in [4.78, 5) is 2.44. The molecule has 0 aliphatic carbocycles. The van der Waals surface area contributed by atoms with Crippen molar-refractivity contribution in [2.24, 2.45) is 0 Å². The Hall–Kier alpha value is -0.840. The Labute approximate surface area is 144 Å². The molecule has 0 radical (unpaired) electrons. The van der Waals surface area contributed by atoms with Gasteiger partial charge >= 0.3 is 0 Å². The maximum atomic E-state index is 14.4. The summed E-state index contributed by atoms with van der Waals surface area (Å²) in [6.07, 6.45) is 4.58. The monoisotopic (exact) mass is 342 g/mol. The van der Waals surface area contributed by atoms with Gasteiger partial charge in [0.2, 0.25) is 0 Å². The highest BCUT2D eigenvalue weighted by molar-refractivity contribution is 6.32. The molecule has 0 saturated carbocycles. The van der Waals surface area contributed by atoms with Crippen LogP contribution in [0.2, 0.25) is 5.02 Å². The topological polar surface area (TPSA) is 24.5 Å². The number of nitrogens with one attached hydrogen (secondary N) is 1. The number of unbranched alkanes of at least 4 members (excludes halogenated alkanes) is 2. The van der Waals surface area contributed by atoms with Gasteiger partial charge in [-0.2, -0.15) is 0 Å². The smallest absolute Gasteiger partial charge is 0.173 e. The molecule has 1 aromatic rings. The second-order valence-corrected chi connectivity index (χ2v) is 6.45. The SMILES string of the molecule is CCCCC[C@H](c1cc(F)c(OCC)c(Cl)c1)N1CCNCC1. The zero-order valence-electron chi connectivity index (χ0n) is 14.2. The van der Waals surface area contributed by atoms with Crippen molar-refractivity contribution >= 4 is 11.6 Å². The van der Waals surface area contributed by atoms with Crippen LogP contribution >= 0.6 is 11.6 Å². The third kappa shape index (κ3) is 5.07. The molecule has 1 aliphatic rings. The summed E-state index contributed by atoms with van der Waals surface area (Å²) in [5, 5.41) is 3.75. The van der Waals surface area contributed by atoms with Gasteiger partial charge in [-0.25, -0.2) is 4.39 Å². The van der Waals surface area contributed by atoms with Crippen molar-refractivity contribution in [1.29, 1.82) is 0 Å². The summed E-state index contributed by atoms with van der Waals surface area (Å²) >= 11 is 6.26. The Kier molecular flexibility index (Phi) is 7.60. The van der Waals surface area contributed by atoms with Crippen molar-refractivity contribution in [3.05, 3.63) is 28.5 Å². The summed E-state index contributed by atoms with van der Waals surface area (Å²) in [5.74, 6) is -0.185. The standard InChI is InChI=1S/C18H28ClFN2O/c1-3-5-6-7-17(22-10-8-21-9-11-22)14-12-15(19)18(23-4-2)16(20)13-14/h12-13,17,21H,3-11H2,1-2H3/t17-/m1/s1. The van der Waals surface area contributed by atoms with Crippen LogP contribution in [0.4, 0.5) is 4.39 Å². The minimum absolute atomic E-state index is 0.172. The molecule has 130 valence electrons. The van der Waals surface area contributed by atoms with Crippen molar-refractivity contribution in [1.82, 2.24) is 10.2 Å². The molecule has 1 aliphatic heterocycles. The number of hydrogen-bond donors (Lipinski definition) is 1. The van der Waals surface area contributed by atoms with E-state index in [1.165, 1.54) is 12.8 Å². The quantitative estimate of drug-likeness (QED) is 0.708. The predicted octanol–water partition coefficient (Wildman–Crippen LogP) is 4.40. The fourth-order valence-electron chi connectivity index (χ4n) is 3.20. The molecule has 0 amide bonds. The minimum atomic E-state index is -0.357. The van der Waals surface area contributed by atoms with Crippen molar-refractivity contribution in [2.45, 2.75) is 45.6 Å². The molecular formula is C18H28ClFN2O. The van der Waals surface area contributed by atoms with Crippen molar-refractivity contribution in [2.75, 3.05) is 32.8 Å². The van der Waals surface area contributed by atoms with Crippen LogP contribution in [0.15, 0.2) is 12.1 Å². The average molecular weight is 343 g/mol. The summed E-state index contributed by atoms with van der Waals surface area (Å²) < 4.78 is 19.7. The molecule has 1 N–H and O–H groups in total. The number of hydrogen-bond acceptors (Lipinski definition) is 3. The Morgan fingerprint density at radius 3 is 2.61 bits per heavy atom. The van der Waals surface area contributed by atoms with Crippen molar-refractivity contribution < 1.29 is 9.13 Å². The number of piperazine rings is 1. The third-order valence-corrected chi connectivity index (χ3v) is 4.65. The molecular weight excluding hydrogens is 315 g/mol. The van der Waals surface area contributed by atoms with Crippen LogP contribution in [0.25, 0.3) is 0 Å². The Morgan fingerprint density at radius 2 is 2.00 bits per heavy atom. The van der Waals surface area contributed by atoms with Crippen LogP contribution in [0.3, 0.4) is 0 Å². The number of halogens is 2. The van der Waals surface area contributed by atoms with E-state index in [-0.39, 0.29) is 17.6 Å². The first-order chi connectivity index (χ1) is 11.2. The number of nitrogens with zero attached hydrogens (tertiary/aromatic N) is 1. The molecule has 0 aromatic heterocycles. The Balaban J connectivity index is 2.22. The van der Waals surface area contributed by atoms with Gasteiger partial charge in [0.15, 0.2) is 11.6 Å². The highest BCUT2D eigenvalue weighted by Gasteiger charge is 2.24. The van der Waals surface area contributed by atoms with Crippen LogP contribution in [0.5, 0.6) is 5.75 Å². The number of ether oxygens (including phenoxy) is 1. The van der Waals surface area contributed by atoms with Crippen molar-refractivity contribution in [3.8, 4) is 5.75 Å². The number of rotatable bonds is 8. The van der Waals surface area contributed by atoms with Gasteiger partial charge in [-0.15, -0.1) is 0 Å². The zero-order chi connectivity index (χ0) is 16.7. The minimum Gasteiger partial charge on any atom is -0.489 e. The van der Waals surface area contributed by atoms with Gasteiger partial charge in [0.05, 0.1) is 11.6 Å². The molecule has 0 spiro atoms. The largest absolute Gasteiger partial charge is 0.489 e. The van der Waals surface area contributed by atoms with E-state index in [0.717, 1.165) is 44.6 Å².